The van der Waals surface area contributed by atoms with Gasteiger partial charge in [-0.1, -0.05) is 47.5 Å². The molecular weight excluding hydrogens is 382 g/mol. The Balaban J connectivity index is 1.78. The number of benzene rings is 2. The highest BCUT2D eigenvalue weighted by atomic mass is 35.5. The van der Waals surface area contributed by atoms with E-state index in [1.165, 1.54) is 25.1 Å². The van der Waals surface area contributed by atoms with Crippen molar-refractivity contribution in [1.82, 2.24) is 10.9 Å². The Hall–Kier alpha value is -2.31. The van der Waals surface area contributed by atoms with Crippen molar-refractivity contribution < 1.29 is 18.7 Å². The summed E-state index contributed by atoms with van der Waals surface area (Å²) < 4.78 is 18.7. The second-order valence-electron chi connectivity index (χ2n) is 5.44. The van der Waals surface area contributed by atoms with Gasteiger partial charge in [-0.3, -0.25) is 20.4 Å². The summed E-state index contributed by atoms with van der Waals surface area (Å²) in [6, 6.07) is 10.9. The number of hydrazine groups is 1. The van der Waals surface area contributed by atoms with Crippen molar-refractivity contribution in [3.63, 3.8) is 0 Å². The fraction of sp³-hybridized carbons (Fsp3) is 0.222. The number of carbonyl (C=O) groups is 2. The summed E-state index contributed by atoms with van der Waals surface area (Å²) in [5, 5.41) is 0.815. The topological polar surface area (TPSA) is 67.4 Å². The molecule has 2 aromatic carbocycles. The van der Waals surface area contributed by atoms with Crippen LogP contribution in [0.15, 0.2) is 42.5 Å². The highest BCUT2D eigenvalue weighted by Gasteiger charge is 2.17. The SMILES string of the molecule is CC(Oc1ccccc1F)C(=O)NNC(=O)CCc1cccc(Cl)c1Cl. The molecular formula is C18H17Cl2FN2O3. The van der Waals surface area contributed by atoms with E-state index >= 15 is 0 Å². The Bertz CT molecular complexity index is 802. The van der Waals surface area contributed by atoms with Crippen molar-refractivity contribution >= 4 is 35.0 Å². The number of hydrogen-bond acceptors (Lipinski definition) is 3. The molecule has 0 aromatic heterocycles. The van der Waals surface area contributed by atoms with Gasteiger partial charge in [0.15, 0.2) is 17.7 Å². The minimum atomic E-state index is -0.991. The normalized spacial score (nSPS) is 11.5. The standard InChI is InChI=1S/C18H17Cl2FN2O3/c1-11(26-15-8-3-2-7-14(15)21)18(25)23-22-16(24)10-9-12-5-4-6-13(19)17(12)20/h2-8,11H,9-10H2,1H3,(H,22,24)(H,23,25). The fourth-order valence-corrected chi connectivity index (χ4v) is 2.48. The second kappa shape index (κ2) is 9.40. The summed E-state index contributed by atoms with van der Waals surface area (Å²) in [4.78, 5) is 23.8. The first-order chi connectivity index (χ1) is 12.4. The zero-order valence-corrected chi connectivity index (χ0v) is 15.4. The lowest BCUT2D eigenvalue weighted by atomic mass is 10.1. The first-order valence-corrected chi connectivity index (χ1v) is 8.57. The first-order valence-electron chi connectivity index (χ1n) is 7.81. The predicted octanol–water partition coefficient (Wildman–Crippen LogP) is 3.68. The van der Waals surface area contributed by atoms with E-state index in [1.54, 1.807) is 24.3 Å². The van der Waals surface area contributed by atoms with Gasteiger partial charge >= 0.3 is 0 Å². The van der Waals surface area contributed by atoms with Crippen LogP contribution in [0.2, 0.25) is 10.0 Å². The molecule has 2 amide bonds. The quantitative estimate of drug-likeness (QED) is 0.729. The molecule has 0 spiro atoms. The van der Waals surface area contributed by atoms with E-state index in [4.69, 9.17) is 27.9 Å². The molecule has 0 fully saturated rings. The Kier molecular flexibility index (Phi) is 7.24. The van der Waals surface area contributed by atoms with E-state index < -0.39 is 23.7 Å². The Morgan fingerprint density at radius 2 is 1.85 bits per heavy atom. The van der Waals surface area contributed by atoms with Crippen molar-refractivity contribution in [2.24, 2.45) is 0 Å². The van der Waals surface area contributed by atoms with Gasteiger partial charge in [0.2, 0.25) is 5.91 Å². The Morgan fingerprint density at radius 1 is 1.12 bits per heavy atom. The van der Waals surface area contributed by atoms with Crippen molar-refractivity contribution in [1.29, 1.82) is 0 Å². The number of hydrogen-bond donors (Lipinski definition) is 2. The van der Waals surface area contributed by atoms with E-state index in [0.717, 1.165) is 5.56 Å². The lowest BCUT2D eigenvalue weighted by Gasteiger charge is -2.15. The molecule has 26 heavy (non-hydrogen) atoms. The summed E-state index contributed by atoms with van der Waals surface area (Å²) >= 11 is 12.0. The van der Waals surface area contributed by atoms with Gasteiger partial charge in [-0.2, -0.15) is 0 Å². The molecule has 0 aliphatic heterocycles. The maximum absolute atomic E-state index is 13.5. The zero-order chi connectivity index (χ0) is 19.1. The van der Waals surface area contributed by atoms with Crippen LogP contribution in [0.5, 0.6) is 5.75 Å². The molecule has 0 saturated heterocycles. The lowest BCUT2D eigenvalue weighted by molar-refractivity contribution is -0.132. The maximum Gasteiger partial charge on any atom is 0.279 e. The number of rotatable bonds is 6. The van der Waals surface area contributed by atoms with E-state index in [0.29, 0.717) is 16.5 Å². The van der Waals surface area contributed by atoms with Crippen LogP contribution in [-0.2, 0) is 16.0 Å². The van der Waals surface area contributed by atoms with Gasteiger partial charge in [0, 0.05) is 6.42 Å². The lowest BCUT2D eigenvalue weighted by Crippen LogP contribution is -2.47. The van der Waals surface area contributed by atoms with Gasteiger partial charge in [-0.25, -0.2) is 4.39 Å². The molecule has 1 unspecified atom stereocenters. The highest BCUT2D eigenvalue weighted by Crippen LogP contribution is 2.26. The number of halogens is 3. The summed E-state index contributed by atoms with van der Waals surface area (Å²) in [7, 11) is 0. The number of carbonyl (C=O) groups excluding carboxylic acids is 2. The highest BCUT2D eigenvalue weighted by molar-refractivity contribution is 6.42. The third-order valence-corrected chi connectivity index (χ3v) is 4.35. The average Bonchev–Trinajstić information content (AvgIpc) is 2.62. The van der Waals surface area contributed by atoms with Gasteiger partial charge in [-0.15, -0.1) is 0 Å². The van der Waals surface area contributed by atoms with E-state index in [1.807, 2.05) is 0 Å². The minimum Gasteiger partial charge on any atom is -0.478 e. The van der Waals surface area contributed by atoms with E-state index in [-0.39, 0.29) is 12.2 Å². The van der Waals surface area contributed by atoms with Gasteiger partial charge in [0.25, 0.3) is 5.91 Å². The number of ether oxygens (including phenoxy) is 1. The smallest absolute Gasteiger partial charge is 0.279 e. The van der Waals surface area contributed by atoms with Crippen molar-refractivity contribution in [3.05, 3.63) is 63.9 Å². The minimum absolute atomic E-state index is 0.0444. The van der Waals surface area contributed by atoms with Crippen molar-refractivity contribution in [3.8, 4) is 5.75 Å². The summed E-state index contributed by atoms with van der Waals surface area (Å²) in [5.41, 5.74) is 5.25. The van der Waals surface area contributed by atoms with Crippen LogP contribution in [-0.4, -0.2) is 17.9 Å². The predicted molar refractivity (Wildman–Crippen MR) is 97.6 cm³/mol. The van der Waals surface area contributed by atoms with Crippen molar-refractivity contribution in [2.45, 2.75) is 25.9 Å². The van der Waals surface area contributed by atoms with Gasteiger partial charge < -0.3 is 4.74 Å². The molecule has 2 N–H and O–H groups in total. The van der Waals surface area contributed by atoms with Crippen LogP contribution in [0.1, 0.15) is 18.9 Å². The van der Waals surface area contributed by atoms with Crippen LogP contribution in [0.3, 0.4) is 0 Å². The molecule has 8 heteroatoms. The molecule has 2 aromatic rings. The largest absolute Gasteiger partial charge is 0.478 e. The molecule has 138 valence electrons. The summed E-state index contributed by atoms with van der Waals surface area (Å²) in [6.45, 7) is 1.44. The van der Waals surface area contributed by atoms with E-state index in [9.17, 15) is 14.0 Å². The third kappa shape index (κ3) is 5.61. The molecule has 0 heterocycles. The van der Waals surface area contributed by atoms with Crippen LogP contribution in [0, 0.1) is 5.82 Å². The maximum atomic E-state index is 13.5. The van der Waals surface area contributed by atoms with Gasteiger partial charge in [-0.05, 0) is 37.1 Å². The fourth-order valence-electron chi connectivity index (χ4n) is 2.07. The first kappa shape index (κ1) is 20.0. The Labute approximate surface area is 160 Å². The summed E-state index contributed by atoms with van der Waals surface area (Å²) in [6.07, 6.45) is -0.528. The van der Waals surface area contributed by atoms with Gasteiger partial charge in [0.05, 0.1) is 10.0 Å². The Morgan fingerprint density at radius 3 is 2.58 bits per heavy atom. The third-order valence-electron chi connectivity index (χ3n) is 3.49. The van der Waals surface area contributed by atoms with Crippen LogP contribution >= 0.6 is 23.2 Å². The molecule has 0 radical (unpaired) electrons. The molecule has 0 aliphatic carbocycles. The van der Waals surface area contributed by atoms with Crippen molar-refractivity contribution in [2.75, 3.05) is 0 Å². The number of amides is 2. The number of aryl methyl sites for hydroxylation is 1. The molecule has 0 saturated carbocycles. The van der Waals surface area contributed by atoms with E-state index in [2.05, 4.69) is 10.9 Å². The molecule has 1 atom stereocenters. The molecule has 0 aliphatic rings. The monoisotopic (exact) mass is 398 g/mol. The summed E-state index contributed by atoms with van der Waals surface area (Å²) in [5.74, 6) is -1.64. The van der Waals surface area contributed by atoms with Crippen LogP contribution < -0.4 is 15.6 Å². The van der Waals surface area contributed by atoms with Gasteiger partial charge in [0.1, 0.15) is 0 Å². The number of para-hydroxylation sites is 1. The molecule has 0 bridgehead atoms. The second-order valence-corrected chi connectivity index (χ2v) is 6.23. The average molecular weight is 399 g/mol. The van der Waals surface area contributed by atoms with Crippen LogP contribution in [0.25, 0.3) is 0 Å². The number of nitrogens with one attached hydrogen (secondary N) is 2. The van der Waals surface area contributed by atoms with Crippen LogP contribution in [0.4, 0.5) is 4.39 Å². The molecule has 2 rings (SSSR count). The molecule has 5 nitrogen and oxygen atoms in total. The zero-order valence-electron chi connectivity index (χ0n) is 13.9.